The lowest BCUT2D eigenvalue weighted by atomic mass is 9.90. The summed E-state index contributed by atoms with van der Waals surface area (Å²) < 4.78 is 0. The molecule has 25 heavy (non-hydrogen) atoms. The number of benzene rings is 1. The van der Waals surface area contributed by atoms with Gasteiger partial charge in [0.25, 0.3) is 0 Å². The Bertz CT molecular complexity index is 705. The number of likely N-dealkylation sites (tertiary alicyclic amines) is 1. The summed E-state index contributed by atoms with van der Waals surface area (Å²) in [5, 5.41) is 11.9. The normalized spacial score (nSPS) is 22.4. The second kappa shape index (κ2) is 6.74. The van der Waals surface area contributed by atoms with Gasteiger partial charge in [0.2, 0.25) is 5.91 Å². The molecule has 1 fully saturated rings. The van der Waals surface area contributed by atoms with E-state index < -0.39 is 11.4 Å². The quantitative estimate of drug-likeness (QED) is 0.858. The Balaban J connectivity index is 1.50. The van der Waals surface area contributed by atoms with E-state index in [1.807, 2.05) is 18.2 Å². The summed E-state index contributed by atoms with van der Waals surface area (Å²) in [5.41, 5.74) is 1.50. The van der Waals surface area contributed by atoms with Gasteiger partial charge in [-0.05, 0) is 30.9 Å². The third-order valence-corrected chi connectivity index (χ3v) is 5.15. The first-order valence-corrected chi connectivity index (χ1v) is 8.50. The molecule has 134 valence electrons. The van der Waals surface area contributed by atoms with E-state index in [0.29, 0.717) is 26.1 Å². The highest BCUT2D eigenvalue weighted by Crippen LogP contribution is 2.29. The summed E-state index contributed by atoms with van der Waals surface area (Å²) >= 11 is 0. The molecule has 0 aromatic heterocycles. The van der Waals surface area contributed by atoms with Crippen LogP contribution in [0.25, 0.3) is 0 Å². The SMILES string of the molecule is CC1(C(=O)O)CCN(C(=O)CNC(=O)N2CCc3ccccc3C2)C1. The molecular formula is C18H23N3O4. The van der Waals surface area contributed by atoms with Gasteiger partial charge in [-0.15, -0.1) is 0 Å². The first-order valence-electron chi connectivity index (χ1n) is 8.50. The standard InChI is InChI=1S/C18H23N3O4/c1-18(16(23)24)7-9-21(12-18)15(22)10-19-17(25)20-8-6-13-4-2-3-5-14(13)11-20/h2-5H,6-12H2,1H3,(H,19,25)(H,23,24). The van der Waals surface area contributed by atoms with Crippen LogP contribution in [0.5, 0.6) is 0 Å². The van der Waals surface area contributed by atoms with Gasteiger partial charge in [-0.2, -0.15) is 0 Å². The van der Waals surface area contributed by atoms with Crippen LogP contribution in [-0.2, 0) is 22.6 Å². The van der Waals surface area contributed by atoms with Crippen molar-refractivity contribution >= 4 is 17.9 Å². The van der Waals surface area contributed by atoms with E-state index >= 15 is 0 Å². The van der Waals surface area contributed by atoms with Crippen molar-refractivity contribution in [1.29, 1.82) is 0 Å². The maximum atomic E-state index is 12.3. The lowest BCUT2D eigenvalue weighted by Gasteiger charge is -2.29. The van der Waals surface area contributed by atoms with Gasteiger partial charge < -0.3 is 20.2 Å². The van der Waals surface area contributed by atoms with E-state index in [9.17, 15) is 19.5 Å². The Morgan fingerprint density at radius 3 is 2.56 bits per heavy atom. The highest BCUT2D eigenvalue weighted by molar-refractivity contribution is 5.85. The number of hydrogen-bond acceptors (Lipinski definition) is 3. The van der Waals surface area contributed by atoms with E-state index in [2.05, 4.69) is 11.4 Å². The molecule has 1 saturated heterocycles. The highest BCUT2D eigenvalue weighted by Gasteiger charge is 2.42. The van der Waals surface area contributed by atoms with Crippen LogP contribution in [0.4, 0.5) is 4.79 Å². The van der Waals surface area contributed by atoms with Gasteiger partial charge >= 0.3 is 12.0 Å². The zero-order valence-corrected chi connectivity index (χ0v) is 14.3. The van der Waals surface area contributed by atoms with Crippen molar-refractivity contribution in [2.45, 2.75) is 26.3 Å². The molecule has 2 aliphatic heterocycles. The first-order chi connectivity index (χ1) is 11.9. The van der Waals surface area contributed by atoms with E-state index in [1.165, 1.54) is 10.5 Å². The van der Waals surface area contributed by atoms with Gasteiger partial charge in [0.15, 0.2) is 0 Å². The Hall–Kier alpha value is -2.57. The minimum atomic E-state index is -0.893. The summed E-state index contributed by atoms with van der Waals surface area (Å²) in [6.45, 7) is 3.30. The lowest BCUT2D eigenvalue weighted by molar-refractivity contribution is -0.147. The fourth-order valence-corrected chi connectivity index (χ4v) is 3.39. The van der Waals surface area contributed by atoms with Crippen molar-refractivity contribution in [2.24, 2.45) is 5.41 Å². The van der Waals surface area contributed by atoms with Crippen molar-refractivity contribution in [1.82, 2.24) is 15.1 Å². The van der Waals surface area contributed by atoms with Crippen molar-refractivity contribution in [3.8, 4) is 0 Å². The fraction of sp³-hybridized carbons (Fsp3) is 0.500. The molecule has 1 atom stereocenters. The average molecular weight is 345 g/mol. The van der Waals surface area contributed by atoms with Crippen LogP contribution in [0.2, 0.25) is 0 Å². The topological polar surface area (TPSA) is 90.0 Å². The minimum Gasteiger partial charge on any atom is -0.481 e. The number of urea groups is 1. The van der Waals surface area contributed by atoms with Crippen molar-refractivity contribution in [3.05, 3.63) is 35.4 Å². The molecule has 7 heteroatoms. The number of rotatable bonds is 3. The molecule has 2 heterocycles. The number of carboxylic acids is 1. The lowest BCUT2D eigenvalue weighted by Crippen LogP contribution is -2.47. The summed E-state index contributed by atoms with van der Waals surface area (Å²) in [5.74, 6) is -1.13. The van der Waals surface area contributed by atoms with Crippen LogP contribution in [0.15, 0.2) is 24.3 Å². The van der Waals surface area contributed by atoms with Crippen LogP contribution in [0, 0.1) is 5.41 Å². The Kier molecular flexibility index (Phi) is 4.65. The predicted molar refractivity (Wildman–Crippen MR) is 90.9 cm³/mol. The first kappa shape index (κ1) is 17.3. The molecule has 1 unspecified atom stereocenters. The summed E-state index contributed by atoms with van der Waals surface area (Å²) in [4.78, 5) is 39.0. The van der Waals surface area contributed by atoms with Gasteiger partial charge in [-0.1, -0.05) is 24.3 Å². The molecule has 3 rings (SSSR count). The smallest absolute Gasteiger partial charge is 0.318 e. The number of carbonyl (C=O) groups is 3. The molecule has 0 bridgehead atoms. The van der Waals surface area contributed by atoms with E-state index in [0.717, 1.165) is 12.0 Å². The number of nitrogens with zero attached hydrogens (tertiary/aromatic N) is 2. The molecule has 1 aromatic rings. The van der Waals surface area contributed by atoms with Gasteiger partial charge in [0.1, 0.15) is 0 Å². The highest BCUT2D eigenvalue weighted by atomic mass is 16.4. The molecule has 0 spiro atoms. The number of carbonyl (C=O) groups excluding carboxylic acids is 2. The monoisotopic (exact) mass is 345 g/mol. The van der Waals surface area contributed by atoms with E-state index in [1.54, 1.807) is 11.8 Å². The molecule has 0 saturated carbocycles. The molecule has 0 radical (unpaired) electrons. The number of carboxylic acid groups (broad SMARTS) is 1. The second-order valence-corrected chi connectivity index (χ2v) is 7.03. The van der Waals surface area contributed by atoms with Gasteiger partial charge in [0, 0.05) is 26.2 Å². The predicted octanol–water partition coefficient (Wildman–Crippen LogP) is 1.08. The van der Waals surface area contributed by atoms with Crippen LogP contribution in [-0.4, -0.2) is 59.0 Å². The zero-order chi connectivity index (χ0) is 18.0. The van der Waals surface area contributed by atoms with Crippen LogP contribution < -0.4 is 5.32 Å². The van der Waals surface area contributed by atoms with Crippen LogP contribution in [0.3, 0.4) is 0 Å². The third-order valence-electron chi connectivity index (χ3n) is 5.15. The molecule has 0 aliphatic carbocycles. The van der Waals surface area contributed by atoms with Crippen molar-refractivity contribution in [3.63, 3.8) is 0 Å². The maximum Gasteiger partial charge on any atom is 0.318 e. The van der Waals surface area contributed by atoms with Crippen LogP contribution >= 0.6 is 0 Å². The van der Waals surface area contributed by atoms with Gasteiger partial charge in [-0.25, -0.2) is 4.79 Å². The largest absolute Gasteiger partial charge is 0.481 e. The Labute approximate surface area is 146 Å². The van der Waals surface area contributed by atoms with Crippen molar-refractivity contribution in [2.75, 3.05) is 26.2 Å². The summed E-state index contributed by atoms with van der Waals surface area (Å²) in [6, 6.07) is 7.77. The van der Waals surface area contributed by atoms with Crippen molar-refractivity contribution < 1.29 is 19.5 Å². The molecule has 7 nitrogen and oxygen atoms in total. The Morgan fingerprint density at radius 2 is 1.88 bits per heavy atom. The Morgan fingerprint density at radius 1 is 1.16 bits per heavy atom. The number of aliphatic carboxylic acids is 1. The van der Waals surface area contributed by atoms with Gasteiger partial charge in [0.05, 0.1) is 12.0 Å². The summed E-state index contributed by atoms with van der Waals surface area (Å²) in [6.07, 6.45) is 1.24. The molecule has 1 aromatic carbocycles. The molecule has 3 amide bonds. The minimum absolute atomic E-state index is 0.104. The molecule has 2 N–H and O–H groups in total. The average Bonchev–Trinajstić information content (AvgIpc) is 3.03. The van der Waals surface area contributed by atoms with Gasteiger partial charge in [-0.3, -0.25) is 9.59 Å². The zero-order valence-electron chi connectivity index (χ0n) is 14.3. The number of amides is 3. The number of fused-ring (bicyclic) bond motifs is 1. The van der Waals surface area contributed by atoms with E-state index in [-0.39, 0.29) is 25.0 Å². The van der Waals surface area contributed by atoms with Crippen LogP contribution in [0.1, 0.15) is 24.5 Å². The number of hydrogen-bond donors (Lipinski definition) is 2. The second-order valence-electron chi connectivity index (χ2n) is 7.03. The fourth-order valence-electron chi connectivity index (χ4n) is 3.39. The molecular weight excluding hydrogens is 322 g/mol. The van der Waals surface area contributed by atoms with E-state index in [4.69, 9.17) is 0 Å². The summed E-state index contributed by atoms with van der Waals surface area (Å²) in [7, 11) is 0. The maximum absolute atomic E-state index is 12.3. The third kappa shape index (κ3) is 3.60. The molecule has 2 aliphatic rings. The number of nitrogens with one attached hydrogen (secondary N) is 1.